The summed E-state index contributed by atoms with van der Waals surface area (Å²) in [6.07, 6.45) is 9.71. The average molecular weight is 529 g/mol. The number of rotatable bonds is 6. The van der Waals surface area contributed by atoms with Crippen molar-refractivity contribution in [1.29, 1.82) is 0 Å². The van der Waals surface area contributed by atoms with Crippen LogP contribution >= 0.6 is 0 Å². The van der Waals surface area contributed by atoms with Crippen LogP contribution in [0.1, 0.15) is 19.3 Å². The summed E-state index contributed by atoms with van der Waals surface area (Å²) in [7, 11) is 0. The number of pyridine rings is 3. The first-order valence-electron chi connectivity index (χ1n) is 13.5. The lowest BCUT2D eigenvalue weighted by Gasteiger charge is -2.21. The second-order valence-electron chi connectivity index (χ2n) is 10.3. The van der Waals surface area contributed by atoms with Crippen LogP contribution in [0.15, 0.2) is 79.4 Å². The lowest BCUT2D eigenvalue weighted by atomic mass is 9.94. The molecule has 0 atom stereocenters. The number of carbonyl (C=O) groups excluding carboxylic acids is 1. The zero-order chi connectivity index (χ0) is 26.9. The molecule has 0 radical (unpaired) electrons. The Morgan fingerprint density at radius 1 is 0.925 bits per heavy atom. The Balaban J connectivity index is 1.19. The minimum atomic E-state index is 0.0379. The molecule has 0 unspecified atom stereocenters. The van der Waals surface area contributed by atoms with Gasteiger partial charge in [0.25, 0.3) is 0 Å². The van der Waals surface area contributed by atoms with E-state index in [9.17, 15) is 4.79 Å². The number of anilines is 1. The van der Waals surface area contributed by atoms with Crippen LogP contribution < -0.4 is 10.6 Å². The number of nitrogens with one attached hydrogen (secondary N) is 4. The van der Waals surface area contributed by atoms with E-state index in [1.54, 1.807) is 18.6 Å². The van der Waals surface area contributed by atoms with Gasteiger partial charge in [-0.25, -0.2) is 4.98 Å². The lowest BCUT2D eigenvalue weighted by Crippen LogP contribution is -2.30. The number of H-pyrrole nitrogens is 2. The molecule has 1 saturated heterocycles. The Labute approximate surface area is 230 Å². The number of nitrogens with zero attached hydrogens (tertiary/aromatic N) is 4. The molecule has 1 amide bonds. The van der Waals surface area contributed by atoms with Gasteiger partial charge in [-0.15, -0.1) is 0 Å². The number of piperidine rings is 1. The van der Waals surface area contributed by atoms with Gasteiger partial charge < -0.3 is 15.6 Å². The minimum Gasteiger partial charge on any atom is -0.338 e. The Morgan fingerprint density at radius 2 is 1.85 bits per heavy atom. The summed E-state index contributed by atoms with van der Waals surface area (Å²) in [5.41, 5.74) is 7.89. The van der Waals surface area contributed by atoms with E-state index in [4.69, 9.17) is 0 Å². The Bertz CT molecular complexity index is 1820. The van der Waals surface area contributed by atoms with Crippen LogP contribution in [-0.4, -0.2) is 49.1 Å². The van der Waals surface area contributed by atoms with Crippen LogP contribution in [0.5, 0.6) is 0 Å². The second kappa shape index (κ2) is 10.3. The standard InChI is InChI=1S/C31H28N8O/c40-29(13-19-6-10-32-11-7-19)36-22-14-21(17-33-18-22)20-4-5-27-25(15-20)30(39-38-27)28-16-24-23(8-12-35-31(24)37-28)26-3-1-2-9-34-26/h1-5,8-9,12,14-19,32H,6-7,10-11,13H2,(H,35,37)(H,36,40)(H,38,39). The zero-order valence-electron chi connectivity index (χ0n) is 21.8. The van der Waals surface area contributed by atoms with Crippen LogP contribution in [-0.2, 0) is 4.79 Å². The number of aromatic nitrogens is 6. The first-order chi connectivity index (χ1) is 19.7. The quantitative estimate of drug-likeness (QED) is 0.224. The van der Waals surface area contributed by atoms with E-state index in [0.717, 1.165) is 81.6 Å². The van der Waals surface area contributed by atoms with Gasteiger partial charge in [-0.2, -0.15) is 5.10 Å². The minimum absolute atomic E-state index is 0.0379. The highest BCUT2D eigenvalue weighted by atomic mass is 16.1. The second-order valence-corrected chi connectivity index (χ2v) is 10.3. The summed E-state index contributed by atoms with van der Waals surface area (Å²) < 4.78 is 0. The molecule has 1 aliphatic heterocycles. The number of fused-ring (bicyclic) bond motifs is 2. The smallest absolute Gasteiger partial charge is 0.224 e. The number of carbonyl (C=O) groups is 1. The first kappa shape index (κ1) is 24.2. The third-order valence-electron chi connectivity index (χ3n) is 7.58. The molecule has 1 fully saturated rings. The molecule has 4 N–H and O–H groups in total. The van der Waals surface area contributed by atoms with Crippen LogP contribution in [0.2, 0.25) is 0 Å². The molecular weight excluding hydrogens is 500 g/mol. The van der Waals surface area contributed by atoms with Crippen molar-refractivity contribution in [1.82, 2.24) is 35.5 Å². The molecule has 5 aromatic heterocycles. The molecule has 9 nitrogen and oxygen atoms in total. The molecule has 40 heavy (non-hydrogen) atoms. The van der Waals surface area contributed by atoms with E-state index in [0.29, 0.717) is 18.0 Å². The summed E-state index contributed by atoms with van der Waals surface area (Å²) >= 11 is 0. The molecule has 0 saturated carbocycles. The first-order valence-corrected chi connectivity index (χ1v) is 13.5. The van der Waals surface area contributed by atoms with E-state index in [-0.39, 0.29) is 5.91 Å². The van der Waals surface area contributed by atoms with Crippen LogP contribution in [0.3, 0.4) is 0 Å². The largest absolute Gasteiger partial charge is 0.338 e. The van der Waals surface area contributed by atoms with Crippen LogP contribution in [0.25, 0.3) is 55.7 Å². The van der Waals surface area contributed by atoms with Crippen molar-refractivity contribution in [2.75, 3.05) is 18.4 Å². The summed E-state index contributed by atoms with van der Waals surface area (Å²) in [6.45, 7) is 1.96. The summed E-state index contributed by atoms with van der Waals surface area (Å²) in [4.78, 5) is 29.6. The SMILES string of the molecule is O=C(CC1CCNCC1)Nc1cncc(-c2ccc3[nH]nc(-c4cc5c(-c6ccccn6)ccnc5[nH]4)c3c2)c1. The van der Waals surface area contributed by atoms with Gasteiger partial charge in [-0.3, -0.25) is 19.9 Å². The lowest BCUT2D eigenvalue weighted by molar-refractivity contribution is -0.117. The number of benzene rings is 1. The monoisotopic (exact) mass is 528 g/mol. The van der Waals surface area contributed by atoms with Gasteiger partial charge in [0.1, 0.15) is 11.3 Å². The number of hydrogen-bond donors (Lipinski definition) is 4. The summed E-state index contributed by atoms with van der Waals surface area (Å²) in [5, 5.41) is 16.1. The van der Waals surface area contributed by atoms with Gasteiger partial charge in [0.2, 0.25) is 5.91 Å². The molecule has 6 aromatic rings. The fraction of sp³-hybridized carbons (Fsp3) is 0.194. The highest BCUT2D eigenvalue weighted by Gasteiger charge is 2.18. The van der Waals surface area contributed by atoms with Gasteiger partial charge in [0.15, 0.2) is 0 Å². The average Bonchev–Trinajstić information content (AvgIpc) is 3.62. The van der Waals surface area contributed by atoms with Crippen molar-refractivity contribution >= 4 is 33.5 Å². The molecule has 7 rings (SSSR count). The highest BCUT2D eigenvalue weighted by Crippen LogP contribution is 2.34. The van der Waals surface area contributed by atoms with Crippen molar-refractivity contribution in [3.8, 4) is 33.8 Å². The molecular formula is C31H28N8O. The summed E-state index contributed by atoms with van der Waals surface area (Å²) in [5.74, 6) is 0.468. The van der Waals surface area contributed by atoms with Gasteiger partial charge in [0.05, 0.1) is 28.8 Å². The predicted molar refractivity (Wildman–Crippen MR) is 156 cm³/mol. The molecule has 9 heteroatoms. The fourth-order valence-corrected chi connectivity index (χ4v) is 5.53. The molecule has 0 bridgehead atoms. The van der Waals surface area contributed by atoms with E-state index in [2.05, 4.69) is 52.9 Å². The van der Waals surface area contributed by atoms with Gasteiger partial charge in [-0.1, -0.05) is 12.1 Å². The van der Waals surface area contributed by atoms with Crippen molar-refractivity contribution in [3.63, 3.8) is 0 Å². The Kier molecular flexibility index (Phi) is 6.25. The van der Waals surface area contributed by atoms with E-state index in [1.807, 2.05) is 48.7 Å². The van der Waals surface area contributed by atoms with Gasteiger partial charge in [-0.05, 0) is 79.9 Å². The predicted octanol–water partition coefficient (Wildman–Crippen LogP) is 5.56. The normalized spacial score (nSPS) is 14.1. The van der Waals surface area contributed by atoms with E-state index >= 15 is 0 Å². The summed E-state index contributed by atoms with van der Waals surface area (Å²) in [6, 6.07) is 18.1. The van der Waals surface area contributed by atoms with Crippen molar-refractivity contribution in [3.05, 3.63) is 79.4 Å². The topological polar surface area (TPSA) is 124 Å². The Hall–Kier alpha value is -4.89. The van der Waals surface area contributed by atoms with E-state index in [1.165, 1.54) is 0 Å². The van der Waals surface area contributed by atoms with Crippen LogP contribution in [0, 0.1) is 5.92 Å². The maximum absolute atomic E-state index is 12.7. The van der Waals surface area contributed by atoms with E-state index < -0.39 is 0 Å². The van der Waals surface area contributed by atoms with Crippen LogP contribution in [0.4, 0.5) is 5.69 Å². The van der Waals surface area contributed by atoms with Crippen molar-refractivity contribution in [2.45, 2.75) is 19.3 Å². The number of amides is 1. The third-order valence-corrected chi connectivity index (χ3v) is 7.58. The molecule has 1 aromatic carbocycles. The highest BCUT2D eigenvalue weighted by molar-refractivity contribution is 6.00. The molecule has 1 aliphatic rings. The number of hydrogen-bond acceptors (Lipinski definition) is 6. The maximum atomic E-state index is 12.7. The van der Waals surface area contributed by atoms with Crippen molar-refractivity contribution in [2.24, 2.45) is 5.92 Å². The van der Waals surface area contributed by atoms with Gasteiger partial charge in [0, 0.05) is 46.9 Å². The third kappa shape index (κ3) is 4.71. The molecule has 6 heterocycles. The molecule has 0 aliphatic carbocycles. The number of aromatic amines is 2. The molecule has 198 valence electrons. The van der Waals surface area contributed by atoms with Gasteiger partial charge >= 0.3 is 0 Å². The Morgan fingerprint density at radius 3 is 2.73 bits per heavy atom. The fourth-order valence-electron chi connectivity index (χ4n) is 5.53. The zero-order valence-corrected chi connectivity index (χ0v) is 21.8. The molecule has 0 spiro atoms. The maximum Gasteiger partial charge on any atom is 0.224 e. The van der Waals surface area contributed by atoms with Crippen molar-refractivity contribution < 1.29 is 4.79 Å².